The fourth-order valence-electron chi connectivity index (χ4n) is 1.20. The van der Waals surface area contributed by atoms with E-state index in [1.165, 1.54) is 12.3 Å². The van der Waals surface area contributed by atoms with E-state index >= 15 is 0 Å². The molecule has 0 saturated heterocycles. The molecule has 7 nitrogen and oxygen atoms in total. The van der Waals surface area contributed by atoms with Crippen LogP contribution in [0.25, 0.3) is 0 Å². The highest BCUT2D eigenvalue weighted by molar-refractivity contribution is 7.89. The van der Waals surface area contributed by atoms with Crippen LogP contribution in [0.2, 0.25) is 5.02 Å². The second kappa shape index (κ2) is 5.98. The highest BCUT2D eigenvalue weighted by atomic mass is 35.5. The van der Waals surface area contributed by atoms with E-state index in [2.05, 4.69) is 10.3 Å². The minimum Gasteiger partial charge on any atom is -0.384 e. The van der Waals surface area contributed by atoms with Gasteiger partial charge in [0.2, 0.25) is 10.0 Å². The quantitative estimate of drug-likeness (QED) is 0.643. The van der Waals surface area contributed by atoms with Gasteiger partial charge in [-0.3, -0.25) is 4.79 Å². The number of carbonyl (C=O) groups excluding carboxylic acids is 1. The number of pyridine rings is 1. The fourth-order valence-corrected chi connectivity index (χ4v) is 1.94. The van der Waals surface area contributed by atoms with Gasteiger partial charge in [0.1, 0.15) is 5.82 Å². The van der Waals surface area contributed by atoms with Gasteiger partial charge in [0.25, 0.3) is 5.91 Å². The van der Waals surface area contributed by atoms with Crippen LogP contribution in [0.1, 0.15) is 16.8 Å². The number of aromatic nitrogens is 1. The summed E-state index contributed by atoms with van der Waals surface area (Å²) in [6, 6.07) is 1.34. The molecule has 5 N–H and O–H groups in total. The van der Waals surface area contributed by atoms with E-state index in [0.717, 1.165) is 0 Å². The van der Waals surface area contributed by atoms with Crippen LogP contribution in [-0.4, -0.2) is 31.6 Å². The highest BCUT2D eigenvalue weighted by Crippen LogP contribution is 2.16. The number of nitrogen functional groups attached to an aromatic ring is 1. The number of amides is 1. The third-order valence-corrected chi connectivity index (χ3v) is 3.17. The van der Waals surface area contributed by atoms with Crippen molar-refractivity contribution in [1.29, 1.82) is 0 Å². The first-order valence-electron chi connectivity index (χ1n) is 4.99. The van der Waals surface area contributed by atoms with Gasteiger partial charge in [-0.25, -0.2) is 18.5 Å². The maximum Gasteiger partial charge on any atom is 0.252 e. The first-order chi connectivity index (χ1) is 8.29. The molecule has 0 atom stereocenters. The molecule has 1 amide bonds. The number of nitrogens with one attached hydrogen (secondary N) is 1. The SMILES string of the molecule is Nc1cc(C(=O)NCCCS(N)(=O)=O)c(Cl)cn1. The number of sulfonamides is 1. The summed E-state index contributed by atoms with van der Waals surface area (Å²) < 4.78 is 21.3. The predicted octanol–water partition coefficient (Wildman–Crippen LogP) is -0.274. The van der Waals surface area contributed by atoms with Crippen LogP contribution in [-0.2, 0) is 10.0 Å². The maximum absolute atomic E-state index is 11.7. The monoisotopic (exact) mass is 292 g/mol. The number of nitrogens with two attached hydrogens (primary N) is 2. The molecule has 0 bridgehead atoms. The van der Waals surface area contributed by atoms with Crippen LogP contribution in [0.15, 0.2) is 12.3 Å². The molecule has 0 radical (unpaired) electrons. The van der Waals surface area contributed by atoms with E-state index in [9.17, 15) is 13.2 Å². The van der Waals surface area contributed by atoms with Crippen LogP contribution >= 0.6 is 11.6 Å². The molecule has 0 spiro atoms. The Kier molecular flexibility index (Phi) is 4.88. The maximum atomic E-state index is 11.7. The van der Waals surface area contributed by atoms with E-state index in [-0.39, 0.29) is 35.1 Å². The Balaban J connectivity index is 2.53. The Morgan fingerprint density at radius 1 is 1.50 bits per heavy atom. The summed E-state index contributed by atoms with van der Waals surface area (Å²) in [7, 11) is -3.51. The zero-order valence-corrected chi connectivity index (χ0v) is 11.0. The summed E-state index contributed by atoms with van der Waals surface area (Å²) in [5, 5.41) is 7.51. The van der Waals surface area contributed by atoms with E-state index in [0.29, 0.717) is 0 Å². The predicted molar refractivity (Wildman–Crippen MR) is 68.6 cm³/mol. The van der Waals surface area contributed by atoms with Gasteiger partial charge in [0.05, 0.1) is 16.3 Å². The average Bonchev–Trinajstić information content (AvgIpc) is 2.26. The molecule has 100 valence electrons. The van der Waals surface area contributed by atoms with Crippen molar-refractivity contribution in [2.45, 2.75) is 6.42 Å². The molecule has 1 aromatic heterocycles. The van der Waals surface area contributed by atoms with Crippen LogP contribution < -0.4 is 16.2 Å². The molecular weight excluding hydrogens is 280 g/mol. The van der Waals surface area contributed by atoms with Crippen molar-refractivity contribution in [2.75, 3.05) is 18.0 Å². The Bertz CT molecular complexity index is 547. The molecule has 0 aliphatic heterocycles. The summed E-state index contributed by atoms with van der Waals surface area (Å²) in [5.41, 5.74) is 5.63. The van der Waals surface area contributed by atoms with Gasteiger partial charge in [0, 0.05) is 12.7 Å². The van der Waals surface area contributed by atoms with Crippen molar-refractivity contribution in [3.05, 3.63) is 22.8 Å². The van der Waals surface area contributed by atoms with Crippen molar-refractivity contribution in [3.8, 4) is 0 Å². The van der Waals surface area contributed by atoms with Crippen molar-refractivity contribution in [1.82, 2.24) is 10.3 Å². The Morgan fingerprint density at radius 2 is 2.17 bits per heavy atom. The number of anilines is 1. The molecule has 1 heterocycles. The van der Waals surface area contributed by atoms with Gasteiger partial charge in [-0.15, -0.1) is 0 Å². The van der Waals surface area contributed by atoms with Crippen molar-refractivity contribution >= 4 is 33.3 Å². The Morgan fingerprint density at radius 3 is 2.78 bits per heavy atom. The molecular formula is C9H13ClN4O3S. The normalized spacial score (nSPS) is 11.2. The molecule has 0 aliphatic rings. The first-order valence-corrected chi connectivity index (χ1v) is 7.08. The smallest absolute Gasteiger partial charge is 0.252 e. The molecule has 0 aliphatic carbocycles. The topological polar surface area (TPSA) is 128 Å². The Labute approximate surface area is 110 Å². The minimum atomic E-state index is -3.51. The third-order valence-electron chi connectivity index (χ3n) is 2.01. The molecule has 18 heavy (non-hydrogen) atoms. The lowest BCUT2D eigenvalue weighted by molar-refractivity contribution is 0.0953. The lowest BCUT2D eigenvalue weighted by atomic mass is 10.2. The van der Waals surface area contributed by atoms with Gasteiger partial charge in [-0.2, -0.15) is 0 Å². The van der Waals surface area contributed by atoms with Gasteiger partial charge < -0.3 is 11.1 Å². The first kappa shape index (κ1) is 14.7. The standard InChI is InChI=1S/C9H13ClN4O3S/c10-7-5-14-8(11)4-6(7)9(15)13-2-1-3-18(12,16)17/h4-5H,1-3H2,(H2,11,14)(H,13,15)(H2,12,16,17). The van der Waals surface area contributed by atoms with E-state index in [1.807, 2.05) is 0 Å². The van der Waals surface area contributed by atoms with Crippen molar-refractivity contribution < 1.29 is 13.2 Å². The van der Waals surface area contributed by atoms with E-state index < -0.39 is 15.9 Å². The summed E-state index contributed by atoms with van der Waals surface area (Å²) in [6.45, 7) is 0.174. The number of hydrogen-bond donors (Lipinski definition) is 3. The molecule has 0 saturated carbocycles. The zero-order chi connectivity index (χ0) is 13.8. The van der Waals surface area contributed by atoms with Crippen LogP contribution in [0.4, 0.5) is 5.82 Å². The van der Waals surface area contributed by atoms with Crippen LogP contribution in [0.3, 0.4) is 0 Å². The molecule has 0 fully saturated rings. The van der Waals surface area contributed by atoms with Gasteiger partial charge in [-0.1, -0.05) is 11.6 Å². The minimum absolute atomic E-state index is 0.174. The Hall–Kier alpha value is -1.38. The number of rotatable bonds is 5. The zero-order valence-electron chi connectivity index (χ0n) is 9.39. The number of halogens is 1. The van der Waals surface area contributed by atoms with Gasteiger partial charge in [0.15, 0.2) is 0 Å². The van der Waals surface area contributed by atoms with Crippen LogP contribution in [0.5, 0.6) is 0 Å². The number of nitrogens with zero attached hydrogens (tertiary/aromatic N) is 1. The highest BCUT2D eigenvalue weighted by Gasteiger charge is 2.11. The summed E-state index contributed by atoms with van der Waals surface area (Å²) in [6.07, 6.45) is 1.50. The average molecular weight is 293 g/mol. The van der Waals surface area contributed by atoms with Gasteiger partial charge >= 0.3 is 0 Å². The van der Waals surface area contributed by atoms with Gasteiger partial charge in [-0.05, 0) is 12.5 Å². The third kappa shape index (κ3) is 4.86. The number of primary sulfonamides is 1. The number of hydrogen-bond acceptors (Lipinski definition) is 5. The summed E-state index contributed by atoms with van der Waals surface area (Å²) in [5.74, 6) is -0.461. The summed E-state index contributed by atoms with van der Waals surface area (Å²) in [4.78, 5) is 15.4. The lowest BCUT2D eigenvalue weighted by Gasteiger charge is -2.06. The molecule has 1 rings (SSSR count). The van der Waals surface area contributed by atoms with Crippen LogP contribution in [0, 0.1) is 0 Å². The molecule has 1 aromatic rings. The second-order valence-electron chi connectivity index (χ2n) is 3.57. The fraction of sp³-hybridized carbons (Fsp3) is 0.333. The molecule has 0 unspecified atom stereocenters. The second-order valence-corrected chi connectivity index (χ2v) is 5.71. The molecule has 9 heteroatoms. The summed E-state index contributed by atoms with van der Waals surface area (Å²) >= 11 is 5.78. The molecule has 0 aromatic carbocycles. The van der Waals surface area contributed by atoms with Crippen molar-refractivity contribution in [2.24, 2.45) is 5.14 Å². The number of carbonyl (C=O) groups is 1. The van der Waals surface area contributed by atoms with Crippen molar-refractivity contribution in [3.63, 3.8) is 0 Å². The largest absolute Gasteiger partial charge is 0.384 e. The lowest BCUT2D eigenvalue weighted by Crippen LogP contribution is -2.27. The van der Waals surface area contributed by atoms with E-state index in [4.69, 9.17) is 22.5 Å². The van der Waals surface area contributed by atoms with E-state index in [1.54, 1.807) is 0 Å².